The lowest BCUT2D eigenvalue weighted by Crippen LogP contribution is -2.49. The molecule has 0 saturated heterocycles. The molecule has 0 aromatic rings. The zero-order valence-corrected chi connectivity index (χ0v) is 77.4. The van der Waals surface area contributed by atoms with Crippen LogP contribution in [-0.2, 0) is 24.2 Å². The molecule has 0 heterocycles. The number of hydrogen-bond acceptors (Lipinski definition) is 7. The second-order valence-corrected chi connectivity index (χ2v) is 45.3. The summed E-state index contributed by atoms with van der Waals surface area (Å²) < 4.78 is 0. The average Bonchev–Trinajstić information content (AvgIpc) is 1.47. The monoisotopic (exact) mass is 1580 g/mol. The van der Waals surface area contributed by atoms with Gasteiger partial charge in [0.1, 0.15) is 25.1 Å². The Morgan fingerprint density at radius 2 is 0.574 bits per heavy atom. The standard InChI is InChI=1S/4C15H24.4C12H18O.H2O3/c1-10(2)6-5-7-14(3)11-8-12-13(9-11)15(12,14)4;2*1-11(2)6-5-9-15(4)12(3)13-7-8-14(15)10-13;1-11(2)6-5-9-15(4)13-8-7-12(3)14(15)10-13;1-11(4-3-5-13)8-6-9-10(7-8)12(9,11)2;2*1-9-10-4-5-11(8-10)12(9,2)6-3-7-13;1-9-4-5-10-8-11(9)12(10,2)6-3-7-13;1-3-2/h6,11-13H,5,7-9H2,1-4H3;2*6,13-14H,3,5,7-10H2,1-2,4H3;6-7,13-14H,5,8-10H2,1-4H3;5,8-10H,3-4,6-7H2,1-2H3;2*7,10-11H,1,3-6,8H2,2H3;4,7,10-11H,3,5-6,8H2,1-2H3;1-2H/t11?,12?,13?,14-,15?;13-,14+,15+;13-,14+,15-;13-,14-,15+;8?,9?,10?,11-,12?;10-,11+,12+;10-,11+,12-;10-,11-,12+;/m11101110./s1. The van der Waals surface area contributed by atoms with E-state index in [2.05, 4.69) is 206 Å². The highest BCUT2D eigenvalue weighted by atomic mass is 17.4. The maximum atomic E-state index is 10.4. The third-order valence-corrected chi connectivity index (χ3v) is 39.6. The molecule has 0 radical (unpaired) electrons. The van der Waals surface area contributed by atoms with E-state index in [0.717, 1.165) is 176 Å². The minimum absolute atomic E-state index is 0.295. The van der Waals surface area contributed by atoms with Crippen LogP contribution in [0, 0.1) is 161 Å². The minimum Gasteiger partial charge on any atom is -0.303 e. The van der Waals surface area contributed by atoms with Gasteiger partial charge in [0.2, 0.25) is 0 Å². The maximum absolute atomic E-state index is 10.4. The summed E-state index contributed by atoms with van der Waals surface area (Å²) in [6.45, 7) is 63.9. The van der Waals surface area contributed by atoms with Crippen LogP contribution in [0.4, 0.5) is 0 Å². The molecule has 22 aliphatic rings. The van der Waals surface area contributed by atoms with Crippen LogP contribution in [0.5, 0.6) is 0 Å². The lowest BCUT2D eigenvalue weighted by atomic mass is 9.47. The van der Waals surface area contributed by atoms with Crippen LogP contribution in [0.2, 0.25) is 0 Å². The minimum atomic E-state index is 0.295. The number of aldehydes is 4. The molecule has 22 aliphatic carbocycles. The second kappa shape index (κ2) is 37.3. The third-order valence-electron chi connectivity index (χ3n) is 39.6. The van der Waals surface area contributed by atoms with Gasteiger partial charge in [0.05, 0.1) is 0 Å². The van der Waals surface area contributed by atoms with Crippen molar-refractivity contribution in [2.75, 3.05) is 0 Å². The molecule has 18 fully saturated rings. The van der Waals surface area contributed by atoms with Gasteiger partial charge >= 0.3 is 0 Å². The van der Waals surface area contributed by atoms with Crippen molar-refractivity contribution in [2.24, 2.45) is 161 Å². The molecule has 4 unspecified atom stereocenters. The predicted molar refractivity (Wildman–Crippen MR) is 482 cm³/mol. The SMILES string of the molecule is C=C1[C@@H]2CC[C@@H](C2)[C@@]1(C)CCC=C(C)C.C=C1[C@@H]2CC[C@@H](C2)[C@@]1(C)CCC=O.C=C1[C@@H]2CC[C@@H](C2)[C@]1(C)CCC=C(C)C.C=C1[C@@H]2CC[C@@H](C2)[C@]1(C)CCC=O.CC(C)=CCC[C@]1(C)C2CC3C(C2)C31C.CC(C)=CCC[C@]1(C)[C@H]2CC=C(C)[C@@H]1C2.CC12C3CC(CC31)[C@@]2(C)CCC=O.CC1=CC[C@H]2C[C@@H]1[C@]2(C)CCC=O.OOO. The normalized spacial score (nSPS) is 43.6. The number of rotatable bonds is 24. The molecule has 644 valence electrons. The first-order valence-electron chi connectivity index (χ1n) is 47.6. The summed E-state index contributed by atoms with van der Waals surface area (Å²) in [5.74, 6) is 16.7. The van der Waals surface area contributed by atoms with Gasteiger partial charge in [-0.2, -0.15) is 0 Å². The van der Waals surface area contributed by atoms with Gasteiger partial charge in [0.25, 0.3) is 0 Å². The van der Waals surface area contributed by atoms with Gasteiger partial charge in [-0.3, -0.25) is 0 Å². The second-order valence-electron chi connectivity index (χ2n) is 45.3. The molecule has 24 atom stereocenters. The van der Waals surface area contributed by atoms with E-state index in [1.807, 2.05) is 0 Å². The highest BCUT2D eigenvalue weighted by molar-refractivity contribution is 5.51. The number of hydrogen-bond donors (Lipinski definition) is 2. The van der Waals surface area contributed by atoms with Crippen molar-refractivity contribution in [3.8, 4) is 0 Å². The van der Waals surface area contributed by atoms with E-state index in [4.69, 9.17) is 10.5 Å². The lowest BCUT2D eigenvalue weighted by molar-refractivity contribution is -0.465. The molecule has 20 bridgehead atoms. The highest BCUT2D eigenvalue weighted by Gasteiger charge is 2.82. The van der Waals surface area contributed by atoms with Crippen molar-refractivity contribution in [3.05, 3.63) is 119 Å². The summed E-state index contributed by atoms with van der Waals surface area (Å²) in [4.78, 5) is 41.6. The molecular formula is C108H170O7. The summed E-state index contributed by atoms with van der Waals surface area (Å²) in [7, 11) is 0. The summed E-state index contributed by atoms with van der Waals surface area (Å²) in [5.41, 5.74) is 20.3. The van der Waals surface area contributed by atoms with Crippen LogP contribution in [0.25, 0.3) is 0 Å². The zero-order chi connectivity index (χ0) is 84.4. The van der Waals surface area contributed by atoms with Crippen LogP contribution in [-0.4, -0.2) is 35.7 Å². The summed E-state index contributed by atoms with van der Waals surface area (Å²) >= 11 is 0. The van der Waals surface area contributed by atoms with Crippen molar-refractivity contribution < 1.29 is 34.7 Å². The molecule has 18 saturated carbocycles. The van der Waals surface area contributed by atoms with E-state index in [1.54, 1.807) is 35.1 Å². The Hall–Kier alpha value is -4.04. The van der Waals surface area contributed by atoms with Crippen molar-refractivity contribution in [1.29, 1.82) is 0 Å². The van der Waals surface area contributed by atoms with Crippen LogP contribution in [0.1, 0.15) is 370 Å². The Morgan fingerprint density at radius 3 is 0.800 bits per heavy atom. The van der Waals surface area contributed by atoms with Gasteiger partial charge < -0.3 is 19.2 Å². The van der Waals surface area contributed by atoms with Gasteiger partial charge in [-0.25, -0.2) is 10.5 Å². The molecule has 0 amide bonds. The molecule has 7 heteroatoms. The summed E-state index contributed by atoms with van der Waals surface area (Å²) in [5, 5.41) is 15.5. The Balaban J connectivity index is 0.000000138. The first-order valence-corrected chi connectivity index (χ1v) is 47.6. The Labute approximate surface area is 704 Å². The van der Waals surface area contributed by atoms with Crippen molar-refractivity contribution >= 4 is 25.1 Å². The fourth-order valence-corrected chi connectivity index (χ4v) is 30.7. The molecule has 0 spiro atoms. The fraction of sp³-hybridized carbons (Fsp3) is 0.778. The number of carbonyl (C=O) groups excluding carboxylic acids is 4. The first kappa shape index (κ1) is 93.2. The van der Waals surface area contributed by atoms with E-state index in [-0.39, 0.29) is 0 Å². The van der Waals surface area contributed by atoms with Gasteiger partial charge in [0.15, 0.2) is 0 Å². The predicted octanol–water partition coefficient (Wildman–Crippen LogP) is 30.1. The van der Waals surface area contributed by atoms with E-state index in [1.165, 1.54) is 200 Å². The largest absolute Gasteiger partial charge is 0.303 e. The van der Waals surface area contributed by atoms with Gasteiger partial charge in [0, 0.05) is 25.7 Å². The van der Waals surface area contributed by atoms with Crippen molar-refractivity contribution in [2.45, 2.75) is 370 Å². The molecule has 22 rings (SSSR count). The third kappa shape index (κ3) is 17.8. The van der Waals surface area contributed by atoms with E-state index < -0.39 is 0 Å². The van der Waals surface area contributed by atoms with E-state index in [9.17, 15) is 19.2 Å². The molecule has 0 aromatic heterocycles. The first-order chi connectivity index (χ1) is 54.2. The Morgan fingerprint density at radius 1 is 0.339 bits per heavy atom. The van der Waals surface area contributed by atoms with E-state index >= 15 is 0 Å². The van der Waals surface area contributed by atoms with Gasteiger partial charge in [-0.15, -0.1) is 0 Å². The van der Waals surface area contributed by atoms with Crippen LogP contribution >= 0.6 is 0 Å². The number of carbonyl (C=O) groups is 4. The lowest BCUT2D eigenvalue weighted by Gasteiger charge is -2.58. The number of allylic oxidation sites excluding steroid dienone is 16. The Kier molecular flexibility index (Phi) is 30.3. The van der Waals surface area contributed by atoms with Gasteiger partial charge in [-0.05, 0) is 435 Å². The molecule has 0 aliphatic heterocycles. The quantitative estimate of drug-likeness (QED) is 0.0428. The summed E-state index contributed by atoms with van der Waals surface area (Å²) in [6.07, 6.45) is 64.7. The molecule has 7 nitrogen and oxygen atoms in total. The molecule has 115 heavy (non-hydrogen) atoms. The fourth-order valence-electron chi connectivity index (χ4n) is 30.7. The number of fused-ring (bicyclic) bond motifs is 10. The molecule has 0 aromatic carbocycles. The van der Waals surface area contributed by atoms with Crippen molar-refractivity contribution in [3.63, 3.8) is 0 Å². The smallest absolute Gasteiger partial charge is 0.120 e. The van der Waals surface area contributed by atoms with Gasteiger partial charge in [-0.1, -0.05) is 193 Å². The highest BCUT2D eigenvalue weighted by Crippen LogP contribution is 2.88. The van der Waals surface area contributed by atoms with Crippen LogP contribution in [0.3, 0.4) is 0 Å². The zero-order valence-electron chi connectivity index (χ0n) is 77.4. The molecular weight excluding hydrogens is 1410 g/mol. The molecule has 2 N–H and O–H groups in total. The summed E-state index contributed by atoms with van der Waals surface area (Å²) in [6, 6.07) is 0. The van der Waals surface area contributed by atoms with E-state index in [0.29, 0.717) is 61.6 Å². The topological polar surface area (TPSA) is 118 Å². The maximum Gasteiger partial charge on any atom is 0.120 e. The van der Waals surface area contributed by atoms with Crippen LogP contribution < -0.4 is 0 Å². The van der Waals surface area contributed by atoms with Crippen molar-refractivity contribution in [1.82, 2.24) is 0 Å². The Bertz CT molecular complexity index is 3520. The average molecular weight is 1580 g/mol. The van der Waals surface area contributed by atoms with Crippen LogP contribution in [0.15, 0.2) is 119 Å².